The van der Waals surface area contributed by atoms with E-state index < -0.39 is 17.4 Å². The van der Waals surface area contributed by atoms with Crippen LogP contribution in [0.2, 0.25) is 0 Å². The summed E-state index contributed by atoms with van der Waals surface area (Å²) in [7, 11) is 1.27. The number of methoxy groups -OCH3 is 1. The fraction of sp³-hybridized carbons (Fsp3) is 0.222. The second-order valence-corrected chi connectivity index (χ2v) is 5.62. The van der Waals surface area contributed by atoms with Crippen LogP contribution in [0.5, 0.6) is 0 Å². The topological polar surface area (TPSA) is 122 Å². The van der Waals surface area contributed by atoms with Gasteiger partial charge in [0, 0.05) is 17.0 Å². The predicted octanol–water partition coefficient (Wildman–Crippen LogP) is 2.11. The molecule has 3 rings (SSSR count). The van der Waals surface area contributed by atoms with E-state index in [1.165, 1.54) is 13.2 Å². The van der Waals surface area contributed by atoms with Gasteiger partial charge in [0.2, 0.25) is 5.76 Å². The van der Waals surface area contributed by atoms with Crippen molar-refractivity contribution < 1.29 is 23.6 Å². The number of aromatic nitrogens is 1. The predicted molar refractivity (Wildman–Crippen MR) is 92.7 cm³/mol. The number of hydrogen-bond donors (Lipinski definition) is 1. The van der Waals surface area contributed by atoms with Crippen LogP contribution in [-0.4, -0.2) is 24.0 Å². The van der Waals surface area contributed by atoms with Crippen LogP contribution in [0.25, 0.3) is 21.9 Å². The number of nitrogens with two attached hydrogens (primary N) is 1. The monoisotopic (exact) mass is 356 g/mol. The average Bonchev–Trinajstić information content (AvgIpc) is 2.66. The van der Waals surface area contributed by atoms with Gasteiger partial charge < -0.3 is 14.0 Å². The fourth-order valence-corrected chi connectivity index (χ4v) is 2.81. The van der Waals surface area contributed by atoms with E-state index in [2.05, 4.69) is 9.82 Å². The van der Waals surface area contributed by atoms with Gasteiger partial charge in [0.1, 0.15) is 11.3 Å². The van der Waals surface area contributed by atoms with Crippen molar-refractivity contribution in [2.45, 2.75) is 19.8 Å². The fourth-order valence-electron chi connectivity index (χ4n) is 2.81. The normalized spacial score (nSPS) is 10.9. The summed E-state index contributed by atoms with van der Waals surface area (Å²) in [6.07, 6.45) is 1.25. The second-order valence-electron chi connectivity index (χ2n) is 5.62. The smallest absolute Gasteiger partial charge is 0.392 e. The zero-order valence-electron chi connectivity index (χ0n) is 14.2. The summed E-state index contributed by atoms with van der Waals surface area (Å²) in [5.41, 5.74) is 1.08. The van der Waals surface area contributed by atoms with Gasteiger partial charge >= 0.3 is 11.9 Å². The third-order valence-electron chi connectivity index (χ3n) is 3.97. The van der Waals surface area contributed by atoms with Crippen LogP contribution in [0.3, 0.4) is 0 Å². The number of esters is 1. The number of fused-ring (bicyclic) bond motifs is 2. The molecule has 0 fully saturated rings. The highest BCUT2D eigenvalue weighted by atomic mass is 16.7. The molecule has 8 nitrogen and oxygen atoms in total. The molecule has 0 saturated carbocycles. The molecule has 0 aliphatic carbocycles. The standard InChI is InChI=1S/C18H16N2O6/c1-3-4-10-15-9(5-6-12(20-15)17(22)24-2)7-11-13(21)8-14(18(23)26-19)25-16(10)11/h5-8H,3-4,19H2,1-2H3. The van der Waals surface area contributed by atoms with Crippen molar-refractivity contribution in [3.8, 4) is 0 Å². The summed E-state index contributed by atoms with van der Waals surface area (Å²) in [6.45, 7) is 1.95. The molecule has 0 bridgehead atoms. The Morgan fingerprint density at radius 2 is 2.00 bits per heavy atom. The van der Waals surface area contributed by atoms with E-state index >= 15 is 0 Å². The molecule has 3 aromatic rings. The van der Waals surface area contributed by atoms with E-state index in [0.717, 1.165) is 12.5 Å². The Labute approximate surface area is 147 Å². The first kappa shape index (κ1) is 17.6. The Morgan fingerprint density at radius 3 is 2.65 bits per heavy atom. The lowest BCUT2D eigenvalue weighted by Gasteiger charge is -2.10. The number of hydrogen-bond acceptors (Lipinski definition) is 8. The molecule has 2 aromatic heterocycles. The number of ether oxygens (including phenoxy) is 1. The lowest BCUT2D eigenvalue weighted by atomic mass is 10.0. The summed E-state index contributed by atoms with van der Waals surface area (Å²) in [5, 5.41) is 0.984. The lowest BCUT2D eigenvalue weighted by Crippen LogP contribution is -2.14. The Balaban J connectivity index is 2.41. The van der Waals surface area contributed by atoms with Gasteiger partial charge in [-0.05, 0) is 18.6 Å². The first-order valence-electron chi connectivity index (χ1n) is 7.90. The second kappa shape index (κ2) is 6.93. The van der Waals surface area contributed by atoms with E-state index in [9.17, 15) is 14.4 Å². The number of carbonyl (C=O) groups is 2. The molecule has 0 radical (unpaired) electrons. The van der Waals surface area contributed by atoms with Crippen molar-refractivity contribution in [3.63, 3.8) is 0 Å². The number of pyridine rings is 1. The minimum absolute atomic E-state index is 0.136. The summed E-state index contributed by atoms with van der Waals surface area (Å²) in [6, 6.07) is 5.86. The van der Waals surface area contributed by atoms with E-state index in [1.54, 1.807) is 12.1 Å². The van der Waals surface area contributed by atoms with Gasteiger partial charge in [0.05, 0.1) is 18.0 Å². The van der Waals surface area contributed by atoms with Crippen molar-refractivity contribution in [1.82, 2.24) is 4.98 Å². The summed E-state index contributed by atoms with van der Waals surface area (Å²) in [5.74, 6) is 3.05. The zero-order chi connectivity index (χ0) is 18.8. The third-order valence-corrected chi connectivity index (χ3v) is 3.97. The Bertz CT molecular complexity index is 1090. The summed E-state index contributed by atoms with van der Waals surface area (Å²) >= 11 is 0. The summed E-state index contributed by atoms with van der Waals surface area (Å²) in [4.78, 5) is 44.4. The Kier molecular flexibility index (Phi) is 4.68. The van der Waals surface area contributed by atoms with Crippen LogP contribution < -0.4 is 11.3 Å². The molecule has 0 unspecified atom stereocenters. The minimum Gasteiger partial charge on any atom is -0.464 e. The molecular weight excluding hydrogens is 340 g/mol. The molecule has 134 valence electrons. The molecule has 26 heavy (non-hydrogen) atoms. The zero-order valence-corrected chi connectivity index (χ0v) is 14.2. The number of benzene rings is 1. The van der Waals surface area contributed by atoms with Crippen LogP contribution in [0, 0.1) is 0 Å². The van der Waals surface area contributed by atoms with E-state index in [0.29, 0.717) is 28.3 Å². The SMILES string of the molecule is CCCc1c2nc(C(=O)OC)ccc2cc2c(=O)cc(C(=O)ON)oc12. The molecule has 0 saturated heterocycles. The lowest BCUT2D eigenvalue weighted by molar-refractivity contribution is 0.0467. The Morgan fingerprint density at radius 1 is 1.23 bits per heavy atom. The maximum atomic E-state index is 12.4. The van der Waals surface area contributed by atoms with Gasteiger partial charge in [-0.3, -0.25) is 4.79 Å². The van der Waals surface area contributed by atoms with Gasteiger partial charge in [0.25, 0.3) is 0 Å². The van der Waals surface area contributed by atoms with Crippen LogP contribution in [-0.2, 0) is 16.0 Å². The van der Waals surface area contributed by atoms with Crippen LogP contribution in [0.15, 0.2) is 33.5 Å². The highest BCUT2D eigenvalue weighted by molar-refractivity contribution is 6.00. The molecule has 8 heteroatoms. The van der Waals surface area contributed by atoms with E-state index in [-0.39, 0.29) is 17.0 Å². The molecule has 0 atom stereocenters. The van der Waals surface area contributed by atoms with Crippen LogP contribution in [0.1, 0.15) is 40.0 Å². The van der Waals surface area contributed by atoms with Crippen LogP contribution >= 0.6 is 0 Å². The first-order chi connectivity index (χ1) is 12.5. The van der Waals surface area contributed by atoms with Crippen molar-refractivity contribution in [2.75, 3.05) is 7.11 Å². The first-order valence-corrected chi connectivity index (χ1v) is 7.90. The minimum atomic E-state index is -0.956. The largest absolute Gasteiger partial charge is 0.464 e. The maximum absolute atomic E-state index is 12.4. The summed E-state index contributed by atoms with van der Waals surface area (Å²) < 4.78 is 10.3. The molecular formula is C18H16N2O6. The van der Waals surface area contributed by atoms with Crippen LogP contribution in [0.4, 0.5) is 0 Å². The van der Waals surface area contributed by atoms with Crippen molar-refractivity contribution in [2.24, 2.45) is 5.90 Å². The van der Waals surface area contributed by atoms with Crippen molar-refractivity contribution in [3.05, 3.63) is 51.5 Å². The quantitative estimate of drug-likeness (QED) is 0.428. The Hall–Kier alpha value is -3.26. The van der Waals surface area contributed by atoms with Gasteiger partial charge in [-0.15, -0.1) is 0 Å². The van der Waals surface area contributed by atoms with Gasteiger partial charge in [-0.1, -0.05) is 19.4 Å². The number of nitrogens with zero attached hydrogens (tertiary/aromatic N) is 1. The molecule has 2 heterocycles. The molecule has 0 amide bonds. The van der Waals surface area contributed by atoms with Crippen molar-refractivity contribution in [1.29, 1.82) is 0 Å². The van der Waals surface area contributed by atoms with Gasteiger partial charge in [0.15, 0.2) is 5.43 Å². The third kappa shape index (κ3) is 2.91. The molecule has 0 aliphatic heterocycles. The molecule has 0 spiro atoms. The molecule has 2 N–H and O–H groups in total. The number of carbonyl (C=O) groups excluding carboxylic acids is 2. The highest BCUT2D eigenvalue weighted by Gasteiger charge is 2.19. The maximum Gasteiger partial charge on any atom is 0.392 e. The average molecular weight is 356 g/mol. The number of rotatable bonds is 4. The number of aryl methyl sites for hydroxylation is 1. The van der Waals surface area contributed by atoms with E-state index in [1.807, 2.05) is 6.92 Å². The highest BCUT2D eigenvalue weighted by Crippen LogP contribution is 2.28. The van der Waals surface area contributed by atoms with Gasteiger partial charge in [-0.2, -0.15) is 5.90 Å². The molecule has 0 aliphatic rings. The van der Waals surface area contributed by atoms with Gasteiger partial charge in [-0.25, -0.2) is 14.6 Å². The van der Waals surface area contributed by atoms with Crippen molar-refractivity contribution >= 4 is 33.8 Å². The van der Waals surface area contributed by atoms with E-state index in [4.69, 9.17) is 15.1 Å². The molecule has 1 aromatic carbocycles.